The van der Waals surface area contributed by atoms with Gasteiger partial charge in [-0.2, -0.15) is 0 Å². The first-order chi connectivity index (χ1) is 8.17. The molecule has 0 aliphatic heterocycles. The summed E-state index contributed by atoms with van der Waals surface area (Å²) in [4.78, 5) is 11.5. The van der Waals surface area contributed by atoms with E-state index in [1.807, 2.05) is 6.07 Å². The first-order valence-corrected chi connectivity index (χ1v) is 6.19. The number of aliphatic hydroxyl groups excluding tert-OH is 1. The first-order valence-electron chi connectivity index (χ1n) is 6.19. The molecule has 0 atom stereocenters. The summed E-state index contributed by atoms with van der Waals surface area (Å²) >= 11 is 0. The molecule has 0 amide bonds. The molecule has 0 aromatic carbocycles. The third kappa shape index (κ3) is 3.68. The monoisotopic (exact) mass is 238 g/mol. The highest BCUT2D eigenvalue weighted by Gasteiger charge is 2.23. The van der Waals surface area contributed by atoms with Crippen LogP contribution in [0.15, 0.2) is 29.2 Å². The number of aliphatic hydroxyl groups is 1. The summed E-state index contributed by atoms with van der Waals surface area (Å²) in [6, 6.07) is 5.14. The second-order valence-electron chi connectivity index (χ2n) is 4.30. The Morgan fingerprint density at radius 3 is 2.59 bits per heavy atom. The minimum absolute atomic E-state index is 0.0110. The van der Waals surface area contributed by atoms with Crippen LogP contribution in [0.2, 0.25) is 0 Å². The zero-order valence-electron chi connectivity index (χ0n) is 10.6. The smallest absolute Gasteiger partial charge is 0.250 e. The zero-order chi connectivity index (χ0) is 12.7. The highest BCUT2D eigenvalue weighted by molar-refractivity contribution is 4.93. The van der Waals surface area contributed by atoms with E-state index in [1.54, 1.807) is 22.9 Å². The molecule has 1 aromatic heterocycles. The van der Waals surface area contributed by atoms with Gasteiger partial charge >= 0.3 is 0 Å². The number of hydrogen-bond acceptors (Lipinski definition) is 3. The first kappa shape index (κ1) is 13.9. The Balaban J connectivity index is 2.52. The van der Waals surface area contributed by atoms with Gasteiger partial charge in [0.15, 0.2) is 0 Å². The highest BCUT2D eigenvalue weighted by atomic mass is 16.3. The third-order valence-electron chi connectivity index (χ3n) is 3.41. The molecule has 0 bridgehead atoms. The summed E-state index contributed by atoms with van der Waals surface area (Å²) in [6.45, 7) is 5.56. The molecule has 0 aliphatic rings. The van der Waals surface area contributed by atoms with Crippen molar-refractivity contribution in [1.29, 1.82) is 0 Å². The van der Waals surface area contributed by atoms with Crippen molar-refractivity contribution < 1.29 is 5.11 Å². The van der Waals surface area contributed by atoms with E-state index in [0.717, 1.165) is 12.8 Å². The molecule has 0 saturated heterocycles. The maximum Gasteiger partial charge on any atom is 0.250 e. The van der Waals surface area contributed by atoms with Crippen molar-refractivity contribution in [3.8, 4) is 0 Å². The van der Waals surface area contributed by atoms with E-state index in [9.17, 15) is 9.90 Å². The van der Waals surface area contributed by atoms with Crippen LogP contribution in [-0.2, 0) is 6.54 Å². The Labute approximate surface area is 102 Å². The van der Waals surface area contributed by atoms with Gasteiger partial charge in [0.05, 0.1) is 6.61 Å². The lowest BCUT2D eigenvalue weighted by Gasteiger charge is -2.31. The van der Waals surface area contributed by atoms with Crippen LogP contribution in [-0.4, -0.2) is 28.4 Å². The van der Waals surface area contributed by atoms with Crippen molar-refractivity contribution in [2.45, 2.75) is 38.8 Å². The van der Waals surface area contributed by atoms with Crippen LogP contribution < -0.4 is 10.9 Å². The summed E-state index contributed by atoms with van der Waals surface area (Å²) in [7, 11) is 0. The molecule has 0 unspecified atom stereocenters. The van der Waals surface area contributed by atoms with Crippen LogP contribution in [0.5, 0.6) is 0 Å². The lowest BCUT2D eigenvalue weighted by Crippen LogP contribution is -2.49. The Hall–Kier alpha value is -1.13. The van der Waals surface area contributed by atoms with Crippen LogP contribution in [0.4, 0.5) is 0 Å². The molecule has 2 N–H and O–H groups in total. The van der Waals surface area contributed by atoms with Gasteiger partial charge in [-0.05, 0) is 18.9 Å². The minimum Gasteiger partial charge on any atom is -0.394 e. The van der Waals surface area contributed by atoms with E-state index in [4.69, 9.17) is 0 Å². The molecule has 4 heteroatoms. The average Bonchev–Trinajstić information content (AvgIpc) is 2.37. The quantitative estimate of drug-likeness (QED) is 0.745. The van der Waals surface area contributed by atoms with Crippen molar-refractivity contribution in [3.63, 3.8) is 0 Å². The molecule has 4 nitrogen and oxygen atoms in total. The zero-order valence-corrected chi connectivity index (χ0v) is 10.6. The molecule has 1 aromatic rings. The Bertz CT molecular complexity index is 375. The van der Waals surface area contributed by atoms with Gasteiger partial charge < -0.3 is 15.0 Å². The molecule has 1 heterocycles. The summed E-state index contributed by atoms with van der Waals surface area (Å²) in [5.74, 6) is 0. The van der Waals surface area contributed by atoms with Crippen LogP contribution >= 0.6 is 0 Å². The number of nitrogens with zero attached hydrogens (tertiary/aromatic N) is 1. The lowest BCUT2D eigenvalue weighted by atomic mass is 9.94. The van der Waals surface area contributed by atoms with Gasteiger partial charge in [-0.1, -0.05) is 19.9 Å². The number of nitrogens with one attached hydrogen (secondary N) is 1. The van der Waals surface area contributed by atoms with Crippen molar-refractivity contribution in [2.24, 2.45) is 0 Å². The predicted octanol–water partition coefficient (Wildman–Crippen LogP) is 0.989. The molecule has 17 heavy (non-hydrogen) atoms. The largest absolute Gasteiger partial charge is 0.394 e. The average molecular weight is 238 g/mol. The predicted molar refractivity (Wildman–Crippen MR) is 69.1 cm³/mol. The fourth-order valence-corrected chi connectivity index (χ4v) is 1.87. The third-order valence-corrected chi connectivity index (χ3v) is 3.41. The highest BCUT2D eigenvalue weighted by Crippen LogP contribution is 2.13. The Morgan fingerprint density at radius 1 is 1.35 bits per heavy atom. The molecule has 0 saturated carbocycles. The maximum absolute atomic E-state index is 11.5. The topological polar surface area (TPSA) is 54.3 Å². The SMILES string of the molecule is CCC(CC)(CO)NCCn1ccccc1=O. The summed E-state index contributed by atoms with van der Waals surface area (Å²) in [5.41, 5.74) is -0.199. The number of pyridine rings is 1. The molecular weight excluding hydrogens is 216 g/mol. The van der Waals surface area contributed by atoms with Gasteiger partial charge in [0.1, 0.15) is 0 Å². The summed E-state index contributed by atoms with van der Waals surface area (Å²) in [6.07, 6.45) is 3.54. The number of rotatable bonds is 7. The van der Waals surface area contributed by atoms with E-state index in [0.29, 0.717) is 13.1 Å². The van der Waals surface area contributed by atoms with E-state index in [2.05, 4.69) is 19.2 Å². The number of hydrogen-bond donors (Lipinski definition) is 2. The maximum atomic E-state index is 11.5. The van der Waals surface area contributed by atoms with E-state index in [-0.39, 0.29) is 17.7 Å². The number of aromatic nitrogens is 1. The molecular formula is C13H22N2O2. The van der Waals surface area contributed by atoms with Crippen molar-refractivity contribution >= 4 is 0 Å². The lowest BCUT2D eigenvalue weighted by molar-refractivity contribution is 0.150. The fraction of sp³-hybridized carbons (Fsp3) is 0.615. The van der Waals surface area contributed by atoms with E-state index >= 15 is 0 Å². The molecule has 0 aliphatic carbocycles. The van der Waals surface area contributed by atoms with Gasteiger partial charge in [0.2, 0.25) is 0 Å². The van der Waals surface area contributed by atoms with Gasteiger partial charge in [-0.3, -0.25) is 4.79 Å². The Morgan fingerprint density at radius 2 is 2.06 bits per heavy atom. The van der Waals surface area contributed by atoms with Crippen LogP contribution in [0, 0.1) is 0 Å². The van der Waals surface area contributed by atoms with E-state index in [1.165, 1.54) is 0 Å². The minimum atomic E-state index is -0.210. The van der Waals surface area contributed by atoms with Crippen LogP contribution in [0.1, 0.15) is 26.7 Å². The van der Waals surface area contributed by atoms with Crippen molar-refractivity contribution in [3.05, 3.63) is 34.7 Å². The second-order valence-corrected chi connectivity index (χ2v) is 4.30. The summed E-state index contributed by atoms with van der Waals surface area (Å²) < 4.78 is 1.67. The van der Waals surface area contributed by atoms with Crippen LogP contribution in [0.3, 0.4) is 0 Å². The van der Waals surface area contributed by atoms with Crippen LogP contribution in [0.25, 0.3) is 0 Å². The van der Waals surface area contributed by atoms with Gasteiger partial charge in [0, 0.05) is 30.9 Å². The van der Waals surface area contributed by atoms with Gasteiger partial charge in [-0.25, -0.2) is 0 Å². The van der Waals surface area contributed by atoms with E-state index < -0.39 is 0 Å². The van der Waals surface area contributed by atoms with Crippen molar-refractivity contribution in [1.82, 2.24) is 9.88 Å². The molecule has 96 valence electrons. The molecule has 1 rings (SSSR count). The second kappa shape index (κ2) is 6.57. The summed E-state index contributed by atoms with van der Waals surface area (Å²) in [5, 5.41) is 12.7. The Kier molecular flexibility index (Phi) is 5.38. The van der Waals surface area contributed by atoms with Gasteiger partial charge in [0.25, 0.3) is 5.56 Å². The normalized spacial score (nSPS) is 11.7. The van der Waals surface area contributed by atoms with Crippen molar-refractivity contribution in [2.75, 3.05) is 13.2 Å². The molecule has 0 spiro atoms. The standard InChI is InChI=1S/C13H22N2O2/c1-3-13(4-2,11-16)14-8-10-15-9-6-5-7-12(15)17/h5-7,9,14,16H,3-4,8,10-11H2,1-2H3. The molecule has 0 fully saturated rings. The molecule has 0 radical (unpaired) electrons. The van der Waals surface area contributed by atoms with Gasteiger partial charge in [-0.15, -0.1) is 0 Å². The fourth-order valence-electron chi connectivity index (χ4n) is 1.87.